The highest BCUT2D eigenvalue weighted by molar-refractivity contribution is 5.82. The SMILES string of the molecule is CCOC1CC1C(=O)NCC(O)c1ccc(F)cc1. The van der Waals surface area contributed by atoms with Gasteiger partial charge in [0.1, 0.15) is 5.82 Å². The van der Waals surface area contributed by atoms with E-state index in [9.17, 15) is 14.3 Å². The summed E-state index contributed by atoms with van der Waals surface area (Å²) >= 11 is 0. The van der Waals surface area contributed by atoms with Gasteiger partial charge in [-0.15, -0.1) is 0 Å². The molecule has 1 aliphatic carbocycles. The minimum atomic E-state index is -0.825. The van der Waals surface area contributed by atoms with Crippen LogP contribution in [0.1, 0.15) is 25.0 Å². The third-order valence-electron chi connectivity index (χ3n) is 3.17. The molecule has 1 aromatic rings. The van der Waals surface area contributed by atoms with Crippen LogP contribution in [0.3, 0.4) is 0 Å². The summed E-state index contributed by atoms with van der Waals surface area (Å²) < 4.78 is 18.1. The number of nitrogens with one attached hydrogen (secondary N) is 1. The van der Waals surface area contributed by atoms with E-state index in [1.807, 2.05) is 6.92 Å². The quantitative estimate of drug-likeness (QED) is 0.819. The van der Waals surface area contributed by atoms with E-state index < -0.39 is 6.10 Å². The molecule has 0 bridgehead atoms. The molecule has 0 heterocycles. The first-order valence-corrected chi connectivity index (χ1v) is 6.44. The van der Waals surface area contributed by atoms with Crippen molar-refractivity contribution in [1.82, 2.24) is 5.32 Å². The Labute approximate surface area is 111 Å². The first kappa shape index (κ1) is 14.0. The van der Waals surface area contributed by atoms with Crippen LogP contribution < -0.4 is 5.32 Å². The van der Waals surface area contributed by atoms with Crippen molar-refractivity contribution in [3.8, 4) is 0 Å². The minimum absolute atomic E-state index is 0.0213. The Kier molecular flexibility index (Phi) is 4.50. The Hall–Kier alpha value is -1.46. The van der Waals surface area contributed by atoms with Crippen LogP contribution in [-0.4, -0.2) is 30.3 Å². The summed E-state index contributed by atoms with van der Waals surface area (Å²) in [5.74, 6) is -0.544. The summed E-state index contributed by atoms with van der Waals surface area (Å²) in [7, 11) is 0. The maximum absolute atomic E-state index is 12.7. The Morgan fingerprint density at radius 2 is 2.21 bits per heavy atom. The summed E-state index contributed by atoms with van der Waals surface area (Å²) in [6, 6.07) is 5.58. The molecule has 3 unspecified atom stereocenters. The van der Waals surface area contributed by atoms with E-state index in [-0.39, 0.29) is 30.3 Å². The number of ether oxygens (including phenoxy) is 1. The molecule has 104 valence electrons. The van der Waals surface area contributed by atoms with Gasteiger partial charge in [0, 0.05) is 13.2 Å². The largest absolute Gasteiger partial charge is 0.387 e. The Balaban J connectivity index is 1.76. The van der Waals surface area contributed by atoms with Gasteiger partial charge in [-0.25, -0.2) is 4.39 Å². The fourth-order valence-electron chi connectivity index (χ4n) is 1.98. The predicted molar refractivity (Wildman–Crippen MR) is 67.9 cm³/mol. The van der Waals surface area contributed by atoms with Gasteiger partial charge in [0.2, 0.25) is 5.91 Å². The second-order valence-corrected chi connectivity index (χ2v) is 4.65. The number of halogens is 1. The zero-order valence-corrected chi connectivity index (χ0v) is 10.8. The zero-order chi connectivity index (χ0) is 13.8. The molecule has 5 heteroatoms. The van der Waals surface area contributed by atoms with Gasteiger partial charge in [0.05, 0.1) is 18.1 Å². The van der Waals surface area contributed by atoms with Crippen LogP contribution in [0.4, 0.5) is 4.39 Å². The molecule has 1 saturated carbocycles. The second kappa shape index (κ2) is 6.12. The molecule has 0 saturated heterocycles. The molecule has 0 spiro atoms. The third kappa shape index (κ3) is 3.75. The standard InChI is InChI=1S/C14H18FNO3/c1-2-19-13-7-11(13)14(18)16-8-12(17)9-3-5-10(15)6-4-9/h3-6,11-13,17H,2,7-8H2,1H3,(H,16,18). The van der Waals surface area contributed by atoms with Gasteiger partial charge in [0.25, 0.3) is 0 Å². The van der Waals surface area contributed by atoms with Crippen molar-refractivity contribution in [1.29, 1.82) is 0 Å². The summed E-state index contributed by atoms with van der Waals surface area (Å²) in [6.45, 7) is 2.62. The molecular formula is C14H18FNO3. The maximum atomic E-state index is 12.7. The molecule has 0 radical (unpaired) electrons. The van der Waals surface area contributed by atoms with Crippen molar-refractivity contribution in [2.75, 3.05) is 13.2 Å². The normalized spacial score (nSPS) is 22.9. The van der Waals surface area contributed by atoms with E-state index in [0.29, 0.717) is 12.2 Å². The first-order valence-electron chi connectivity index (χ1n) is 6.44. The van der Waals surface area contributed by atoms with E-state index in [2.05, 4.69) is 5.32 Å². The van der Waals surface area contributed by atoms with Gasteiger partial charge in [-0.05, 0) is 31.0 Å². The number of carbonyl (C=O) groups is 1. The topological polar surface area (TPSA) is 58.6 Å². The Morgan fingerprint density at radius 3 is 2.84 bits per heavy atom. The van der Waals surface area contributed by atoms with Crippen LogP contribution in [0, 0.1) is 11.7 Å². The molecule has 1 fully saturated rings. The molecule has 4 nitrogen and oxygen atoms in total. The molecule has 3 atom stereocenters. The van der Waals surface area contributed by atoms with E-state index in [0.717, 1.165) is 6.42 Å². The van der Waals surface area contributed by atoms with Gasteiger partial charge in [0.15, 0.2) is 0 Å². The van der Waals surface area contributed by atoms with Gasteiger partial charge in [-0.3, -0.25) is 4.79 Å². The van der Waals surface area contributed by atoms with Crippen molar-refractivity contribution in [3.05, 3.63) is 35.6 Å². The third-order valence-corrected chi connectivity index (χ3v) is 3.17. The van der Waals surface area contributed by atoms with Crippen molar-refractivity contribution >= 4 is 5.91 Å². The smallest absolute Gasteiger partial charge is 0.225 e. The van der Waals surface area contributed by atoms with E-state index in [1.54, 1.807) is 0 Å². The van der Waals surface area contributed by atoms with Crippen molar-refractivity contribution in [2.24, 2.45) is 5.92 Å². The number of hydrogen-bond donors (Lipinski definition) is 2. The van der Waals surface area contributed by atoms with E-state index in [4.69, 9.17) is 4.74 Å². The fourth-order valence-corrected chi connectivity index (χ4v) is 1.98. The highest BCUT2D eigenvalue weighted by Crippen LogP contribution is 2.33. The molecule has 0 aliphatic heterocycles. The molecule has 2 N–H and O–H groups in total. The van der Waals surface area contributed by atoms with E-state index in [1.165, 1.54) is 24.3 Å². The highest BCUT2D eigenvalue weighted by Gasteiger charge is 2.43. The molecule has 2 rings (SSSR count). The molecule has 1 aliphatic rings. The van der Waals surface area contributed by atoms with Crippen molar-refractivity contribution < 1.29 is 19.0 Å². The fraction of sp³-hybridized carbons (Fsp3) is 0.500. The lowest BCUT2D eigenvalue weighted by Crippen LogP contribution is -2.30. The van der Waals surface area contributed by atoms with Crippen LogP contribution in [0.25, 0.3) is 0 Å². The Morgan fingerprint density at radius 1 is 1.53 bits per heavy atom. The second-order valence-electron chi connectivity index (χ2n) is 4.65. The molecule has 1 amide bonds. The van der Waals surface area contributed by atoms with Gasteiger partial charge in [-0.1, -0.05) is 12.1 Å². The molecule has 19 heavy (non-hydrogen) atoms. The van der Waals surface area contributed by atoms with E-state index >= 15 is 0 Å². The van der Waals surface area contributed by atoms with Gasteiger partial charge < -0.3 is 15.2 Å². The number of amides is 1. The summed E-state index contributed by atoms with van der Waals surface area (Å²) in [6.07, 6.45) is -0.0615. The van der Waals surface area contributed by atoms with Crippen LogP contribution in [0.5, 0.6) is 0 Å². The number of hydrogen-bond acceptors (Lipinski definition) is 3. The summed E-state index contributed by atoms with van der Waals surface area (Å²) in [4.78, 5) is 11.7. The molecular weight excluding hydrogens is 249 g/mol. The van der Waals surface area contributed by atoms with Crippen LogP contribution in [0.2, 0.25) is 0 Å². The zero-order valence-electron chi connectivity index (χ0n) is 10.8. The number of benzene rings is 1. The van der Waals surface area contributed by atoms with Crippen molar-refractivity contribution in [3.63, 3.8) is 0 Å². The summed E-state index contributed by atoms with van der Waals surface area (Å²) in [5, 5.41) is 12.5. The van der Waals surface area contributed by atoms with Crippen LogP contribution >= 0.6 is 0 Å². The lowest BCUT2D eigenvalue weighted by molar-refractivity contribution is -0.123. The first-order chi connectivity index (χ1) is 9.11. The lowest BCUT2D eigenvalue weighted by Gasteiger charge is -2.12. The van der Waals surface area contributed by atoms with Gasteiger partial charge in [-0.2, -0.15) is 0 Å². The number of aliphatic hydroxyl groups is 1. The van der Waals surface area contributed by atoms with Gasteiger partial charge >= 0.3 is 0 Å². The predicted octanol–water partition coefficient (Wildman–Crippen LogP) is 1.40. The average Bonchev–Trinajstić information content (AvgIpc) is 3.16. The minimum Gasteiger partial charge on any atom is -0.387 e. The summed E-state index contributed by atoms with van der Waals surface area (Å²) in [5.41, 5.74) is 0.582. The van der Waals surface area contributed by atoms with Crippen LogP contribution in [0.15, 0.2) is 24.3 Å². The van der Waals surface area contributed by atoms with Crippen LogP contribution in [-0.2, 0) is 9.53 Å². The van der Waals surface area contributed by atoms with Crippen molar-refractivity contribution in [2.45, 2.75) is 25.6 Å². The molecule has 1 aromatic carbocycles. The Bertz CT molecular complexity index is 435. The number of aliphatic hydroxyl groups excluding tert-OH is 1. The average molecular weight is 267 g/mol. The molecule has 0 aromatic heterocycles. The highest BCUT2D eigenvalue weighted by atomic mass is 19.1. The number of rotatable bonds is 6. The monoisotopic (exact) mass is 267 g/mol. The lowest BCUT2D eigenvalue weighted by atomic mass is 10.1. The number of carbonyl (C=O) groups excluding carboxylic acids is 1. The maximum Gasteiger partial charge on any atom is 0.225 e.